The van der Waals surface area contributed by atoms with Crippen LogP contribution in [0.2, 0.25) is 0 Å². The van der Waals surface area contributed by atoms with E-state index in [0.29, 0.717) is 0 Å². The summed E-state index contributed by atoms with van der Waals surface area (Å²) in [5.74, 6) is 0.954. The molecule has 2 aliphatic rings. The van der Waals surface area contributed by atoms with Crippen LogP contribution in [0.15, 0.2) is 4.99 Å². The smallest absolute Gasteiger partial charge is 0.189 e. The summed E-state index contributed by atoms with van der Waals surface area (Å²) in [6.45, 7) is 7.27. The molecule has 1 saturated carbocycles. The van der Waals surface area contributed by atoms with Gasteiger partial charge in [0.05, 0.1) is 5.54 Å². The van der Waals surface area contributed by atoms with Crippen molar-refractivity contribution in [3.63, 3.8) is 0 Å². The fourth-order valence-electron chi connectivity index (χ4n) is 1.27. The van der Waals surface area contributed by atoms with Crippen molar-refractivity contribution in [1.29, 1.82) is 0 Å². The van der Waals surface area contributed by atoms with E-state index in [2.05, 4.69) is 25.8 Å². The highest BCUT2D eigenvalue weighted by Gasteiger charge is 2.49. The third-order valence-corrected chi connectivity index (χ3v) is 2.29. The molecule has 0 unspecified atom stereocenters. The molecular formula is C9H15NO. The first-order valence-corrected chi connectivity index (χ1v) is 4.25. The van der Waals surface area contributed by atoms with Gasteiger partial charge < -0.3 is 4.74 Å². The lowest BCUT2D eigenvalue weighted by atomic mass is 9.97. The van der Waals surface area contributed by atoms with Crippen LogP contribution in [0.4, 0.5) is 0 Å². The first-order chi connectivity index (χ1) is 5.02. The average Bonchev–Trinajstić information content (AvgIpc) is 2.38. The molecule has 2 heteroatoms. The Hall–Kier alpha value is -0.530. The minimum atomic E-state index is 0.103. The van der Waals surface area contributed by atoms with Crippen molar-refractivity contribution in [2.45, 2.75) is 39.2 Å². The van der Waals surface area contributed by atoms with Gasteiger partial charge in [-0.25, -0.2) is 4.99 Å². The Morgan fingerprint density at radius 2 is 2.00 bits per heavy atom. The van der Waals surface area contributed by atoms with Crippen molar-refractivity contribution >= 4 is 5.90 Å². The van der Waals surface area contributed by atoms with Gasteiger partial charge in [0.2, 0.25) is 0 Å². The van der Waals surface area contributed by atoms with E-state index in [1.165, 1.54) is 12.8 Å². The minimum Gasteiger partial charge on any atom is -0.478 e. The molecule has 11 heavy (non-hydrogen) atoms. The third-order valence-electron chi connectivity index (χ3n) is 2.29. The molecule has 0 N–H and O–H groups in total. The summed E-state index contributed by atoms with van der Waals surface area (Å²) in [4.78, 5) is 4.60. The average molecular weight is 153 g/mol. The Bertz CT molecular complexity index is 208. The number of rotatable bonds is 0. The Kier molecular flexibility index (Phi) is 1.16. The van der Waals surface area contributed by atoms with Crippen LogP contribution in [0.3, 0.4) is 0 Å². The molecule has 0 radical (unpaired) electrons. The zero-order valence-electron chi connectivity index (χ0n) is 7.48. The monoisotopic (exact) mass is 153 g/mol. The summed E-state index contributed by atoms with van der Waals surface area (Å²) in [6, 6.07) is 0. The van der Waals surface area contributed by atoms with E-state index in [1.807, 2.05) is 0 Å². The van der Waals surface area contributed by atoms with Gasteiger partial charge in [-0.2, -0.15) is 0 Å². The van der Waals surface area contributed by atoms with E-state index in [9.17, 15) is 0 Å². The molecule has 62 valence electrons. The van der Waals surface area contributed by atoms with Gasteiger partial charge in [-0.1, -0.05) is 20.8 Å². The van der Waals surface area contributed by atoms with Gasteiger partial charge in [0, 0.05) is 5.41 Å². The van der Waals surface area contributed by atoms with Crippen LogP contribution in [0.5, 0.6) is 0 Å². The zero-order valence-corrected chi connectivity index (χ0v) is 7.48. The summed E-state index contributed by atoms with van der Waals surface area (Å²) >= 11 is 0. The maximum absolute atomic E-state index is 5.55. The predicted molar refractivity (Wildman–Crippen MR) is 44.8 cm³/mol. The second-order valence-corrected chi connectivity index (χ2v) is 4.68. The summed E-state index contributed by atoms with van der Waals surface area (Å²) < 4.78 is 5.55. The lowest BCUT2D eigenvalue weighted by Gasteiger charge is -2.16. The maximum Gasteiger partial charge on any atom is 0.189 e. The van der Waals surface area contributed by atoms with Gasteiger partial charge in [0.1, 0.15) is 6.61 Å². The molecule has 1 fully saturated rings. The van der Waals surface area contributed by atoms with Crippen LogP contribution in [-0.4, -0.2) is 18.0 Å². The van der Waals surface area contributed by atoms with Crippen LogP contribution in [-0.2, 0) is 4.74 Å². The van der Waals surface area contributed by atoms with Gasteiger partial charge in [0.15, 0.2) is 5.90 Å². The largest absolute Gasteiger partial charge is 0.478 e. The molecule has 0 aromatic heterocycles. The topological polar surface area (TPSA) is 21.6 Å². The van der Waals surface area contributed by atoms with Crippen LogP contribution in [0.1, 0.15) is 33.6 Å². The standard InChI is InChI=1S/C9H15NO/c1-8(2,3)7-10-9(4-5-9)6-11-7/h4-6H2,1-3H3. The molecule has 0 saturated heterocycles. The summed E-state index contributed by atoms with van der Waals surface area (Å²) in [5.41, 5.74) is 0.342. The Balaban J connectivity index is 2.17. The van der Waals surface area contributed by atoms with Crippen molar-refractivity contribution in [2.24, 2.45) is 10.4 Å². The molecule has 0 amide bonds. The van der Waals surface area contributed by atoms with Crippen LogP contribution >= 0.6 is 0 Å². The van der Waals surface area contributed by atoms with Crippen molar-refractivity contribution in [3.8, 4) is 0 Å². The first kappa shape index (κ1) is 7.14. The first-order valence-electron chi connectivity index (χ1n) is 4.25. The van der Waals surface area contributed by atoms with E-state index in [4.69, 9.17) is 4.74 Å². The molecule has 1 spiro atoms. The van der Waals surface area contributed by atoms with E-state index in [0.717, 1.165) is 12.5 Å². The Labute approximate surface area is 67.7 Å². The second-order valence-electron chi connectivity index (χ2n) is 4.68. The molecular weight excluding hydrogens is 138 g/mol. The van der Waals surface area contributed by atoms with E-state index >= 15 is 0 Å². The number of nitrogens with zero attached hydrogens (tertiary/aromatic N) is 1. The predicted octanol–water partition coefficient (Wildman–Crippen LogP) is 1.99. The lowest BCUT2D eigenvalue weighted by Crippen LogP contribution is -2.20. The van der Waals surface area contributed by atoms with E-state index in [1.54, 1.807) is 0 Å². The second kappa shape index (κ2) is 1.79. The normalized spacial score (nSPS) is 26.6. The number of hydrogen-bond acceptors (Lipinski definition) is 2. The molecule has 2 rings (SSSR count). The maximum atomic E-state index is 5.55. The SMILES string of the molecule is CC(C)(C)C1=NC2(CC2)CO1. The summed E-state index contributed by atoms with van der Waals surface area (Å²) in [5, 5.41) is 0. The summed E-state index contributed by atoms with van der Waals surface area (Å²) in [6.07, 6.45) is 2.46. The molecule has 2 nitrogen and oxygen atoms in total. The summed E-state index contributed by atoms with van der Waals surface area (Å²) in [7, 11) is 0. The molecule has 0 bridgehead atoms. The third kappa shape index (κ3) is 1.15. The van der Waals surface area contributed by atoms with Crippen molar-refractivity contribution in [2.75, 3.05) is 6.61 Å². The quantitative estimate of drug-likeness (QED) is 0.521. The number of aliphatic imine (C=N–C) groups is 1. The van der Waals surface area contributed by atoms with E-state index < -0.39 is 0 Å². The zero-order chi connectivity index (χ0) is 8.11. The van der Waals surface area contributed by atoms with Crippen molar-refractivity contribution in [3.05, 3.63) is 0 Å². The Morgan fingerprint density at radius 1 is 1.36 bits per heavy atom. The molecule has 1 aliphatic heterocycles. The van der Waals surface area contributed by atoms with Gasteiger partial charge in [0.25, 0.3) is 0 Å². The van der Waals surface area contributed by atoms with Crippen LogP contribution < -0.4 is 0 Å². The highest BCUT2D eigenvalue weighted by molar-refractivity contribution is 5.83. The molecule has 1 heterocycles. The van der Waals surface area contributed by atoms with Crippen molar-refractivity contribution in [1.82, 2.24) is 0 Å². The van der Waals surface area contributed by atoms with Crippen LogP contribution in [0.25, 0.3) is 0 Å². The number of ether oxygens (including phenoxy) is 1. The molecule has 0 atom stereocenters. The molecule has 0 aromatic carbocycles. The fraction of sp³-hybridized carbons (Fsp3) is 0.889. The van der Waals surface area contributed by atoms with Gasteiger partial charge in [-0.05, 0) is 12.8 Å². The lowest BCUT2D eigenvalue weighted by molar-refractivity contribution is 0.277. The van der Waals surface area contributed by atoms with Crippen LogP contribution in [0, 0.1) is 5.41 Å². The minimum absolute atomic E-state index is 0.103. The van der Waals surface area contributed by atoms with Crippen molar-refractivity contribution < 1.29 is 4.74 Å². The highest BCUT2D eigenvalue weighted by atomic mass is 16.5. The highest BCUT2D eigenvalue weighted by Crippen LogP contribution is 2.44. The van der Waals surface area contributed by atoms with Gasteiger partial charge in [-0.3, -0.25) is 0 Å². The molecule has 1 aliphatic carbocycles. The Morgan fingerprint density at radius 3 is 2.27 bits per heavy atom. The van der Waals surface area contributed by atoms with Gasteiger partial charge in [-0.15, -0.1) is 0 Å². The van der Waals surface area contributed by atoms with E-state index in [-0.39, 0.29) is 11.0 Å². The fourth-order valence-corrected chi connectivity index (χ4v) is 1.27. The van der Waals surface area contributed by atoms with Gasteiger partial charge >= 0.3 is 0 Å². The number of hydrogen-bond donors (Lipinski definition) is 0. The molecule has 0 aromatic rings.